The van der Waals surface area contributed by atoms with Crippen LogP contribution in [0.3, 0.4) is 0 Å². The van der Waals surface area contributed by atoms with Gasteiger partial charge in [-0.2, -0.15) is 18.3 Å². The summed E-state index contributed by atoms with van der Waals surface area (Å²) in [6.07, 6.45) is -2.11. The molecule has 0 aliphatic carbocycles. The SMILES string of the molecule is CC(C)(C)NC(=O)[C@@H]1CC(c2ccn(C(C)(C)C)n2)[C@H](c2cccc(C(F)(F)F)c2)N1.Cl. The van der Waals surface area contributed by atoms with Gasteiger partial charge in [-0.3, -0.25) is 14.8 Å². The summed E-state index contributed by atoms with van der Waals surface area (Å²) in [5.74, 6) is -0.398. The molecule has 0 saturated carbocycles. The van der Waals surface area contributed by atoms with E-state index in [1.807, 2.05) is 58.5 Å². The Morgan fingerprint density at radius 3 is 2.31 bits per heavy atom. The van der Waals surface area contributed by atoms with Crippen molar-refractivity contribution in [1.82, 2.24) is 20.4 Å². The average Bonchev–Trinajstić information content (AvgIpc) is 3.26. The molecule has 2 N–H and O–H groups in total. The van der Waals surface area contributed by atoms with E-state index in [2.05, 4.69) is 10.6 Å². The fraction of sp³-hybridized carbons (Fsp3) is 0.565. The second-order valence-electron chi connectivity index (χ2n) is 10.3. The number of amides is 1. The Bertz CT molecular complexity index is 944. The van der Waals surface area contributed by atoms with Crippen LogP contribution < -0.4 is 10.6 Å². The van der Waals surface area contributed by atoms with Crippen molar-refractivity contribution in [1.29, 1.82) is 0 Å². The summed E-state index contributed by atoms with van der Waals surface area (Å²) in [5.41, 5.74) is -0.0736. The predicted octanol–water partition coefficient (Wildman–Crippen LogP) is 5.18. The number of aromatic nitrogens is 2. The molecule has 5 nitrogen and oxygen atoms in total. The van der Waals surface area contributed by atoms with Gasteiger partial charge in [-0.05, 0) is 71.7 Å². The van der Waals surface area contributed by atoms with Crippen LogP contribution >= 0.6 is 12.4 Å². The fourth-order valence-corrected chi connectivity index (χ4v) is 3.87. The second-order valence-corrected chi connectivity index (χ2v) is 10.3. The Kier molecular flexibility index (Phi) is 7.42. The lowest BCUT2D eigenvalue weighted by Gasteiger charge is -2.23. The summed E-state index contributed by atoms with van der Waals surface area (Å²) < 4.78 is 41.7. The molecule has 3 atom stereocenters. The maximum absolute atomic E-state index is 13.3. The number of rotatable bonds is 3. The van der Waals surface area contributed by atoms with Crippen molar-refractivity contribution >= 4 is 18.3 Å². The van der Waals surface area contributed by atoms with Gasteiger partial charge in [-0.25, -0.2) is 0 Å². The molecule has 1 aromatic carbocycles. The van der Waals surface area contributed by atoms with E-state index in [-0.39, 0.29) is 29.8 Å². The van der Waals surface area contributed by atoms with E-state index in [1.54, 1.807) is 6.07 Å². The molecule has 0 spiro atoms. The monoisotopic (exact) mass is 472 g/mol. The summed E-state index contributed by atoms with van der Waals surface area (Å²) in [6, 6.07) is 6.21. The highest BCUT2D eigenvalue weighted by molar-refractivity contribution is 5.85. The minimum absolute atomic E-state index is 0. The first-order valence-corrected chi connectivity index (χ1v) is 10.5. The first-order valence-electron chi connectivity index (χ1n) is 10.5. The molecule has 1 aliphatic rings. The van der Waals surface area contributed by atoms with Crippen molar-refractivity contribution in [2.75, 3.05) is 0 Å². The Morgan fingerprint density at radius 2 is 1.78 bits per heavy atom. The number of nitrogens with one attached hydrogen (secondary N) is 2. The molecule has 0 bridgehead atoms. The summed E-state index contributed by atoms with van der Waals surface area (Å²) in [6.45, 7) is 11.8. The minimum Gasteiger partial charge on any atom is -0.350 e. The van der Waals surface area contributed by atoms with E-state index in [0.29, 0.717) is 12.0 Å². The van der Waals surface area contributed by atoms with Crippen molar-refractivity contribution in [3.8, 4) is 0 Å². The molecule has 3 rings (SSSR count). The molecule has 32 heavy (non-hydrogen) atoms. The Balaban J connectivity index is 0.00000363. The largest absolute Gasteiger partial charge is 0.416 e. The van der Waals surface area contributed by atoms with Gasteiger partial charge < -0.3 is 5.32 Å². The smallest absolute Gasteiger partial charge is 0.350 e. The van der Waals surface area contributed by atoms with Crippen LogP contribution in [0.4, 0.5) is 13.2 Å². The molecule has 2 heterocycles. The third-order valence-electron chi connectivity index (χ3n) is 5.34. The van der Waals surface area contributed by atoms with E-state index >= 15 is 0 Å². The number of nitrogens with zero attached hydrogens (tertiary/aromatic N) is 2. The Hall–Kier alpha value is -2.06. The van der Waals surface area contributed by atoms with Crippen LogP contribution in [0.15, 0.2) is 36.5 Å². The van der Waals surface area contributed by atoms with Crippen molar-refractivity contribution in [3.63, 3.8) is 0 Å². The zero-order chi connectivity index (χ0) is 23.2. The lowest BCUT2D eigenvalue weighted by atomic mass is 9.90. The zero-order valence-electron chi connectivity index (χ0n) is 19.2. The number of hydrogen-bond acceptors (Lipinski definition) is 3. The first kappa shape index (κ1) is 26.2. The lowest BCUT2D eigenvalue weighted by Crippen LogP contribution is -2.48. The van der Waals surface area contributed by atoms with Crippen molar-refractivity contribution in [3.05, 3.63) is 53.3 Å². The molecular formula is C23H32ClF3N4O. The molecule has 1 aromatic heterocycles. The van der Waals surface area contributed by atoms with E-state index < -0.39 is 29.4 Å². The van der Waals surface area contributed by atoms with Gasteiger partial charge in [0.2, 0.25) is 5.91 Å². The minimum atomic E-state index is -4.43. The van der Waals surface area contributed by atoms with Crippen molar-refractivity contribution < 1.29 is 18.0 Å². The molecule has 1 amide bonds. The first-order chi connectivity index (χ1) is 14.1. The highest BCUT2D eigenvalue weighted by Crippen LogP contribution is 2.41. The molecule has 2 aromatic rings. The summed E-state index contributed by atoms with van der Waals surface area (Å²) in [5, 5.41) is 10.9. The van der Waals surface area contributed by atoms with Gasteiger partial charge >= 0.3 is 6.18 Å². The lowest BCUT2D eigenvalue weighted by molar-refractivity contribution is -0.137. The summed E-state index contributed by atoms with van der Waals surface area (Å²) >= 11 is 0. The number of carbonyl (C=O) groups excluding carboxylic acids is 1. The number of alkyl halides is 3. The molecule has 1 fully saturated rings. The molecule has 178 valence electrons. The van der Waals surface area contributed by atoms with Gasteiger partial charge in [0.05, 0.1) is 22.8 Å². The molecule has 0 radical (unpaired) electrons. The number of halogens is 4. The van der Waals surface area contributed by atoms with Crippen LogP contribution in [0.2, 0.25) is 0 Å². The third-order valence-corrected chi connectivity index (χ3v) is 5.34. The molecule has 9 heteroatoms. The van der Waals surface area contributed by atoms with Crippen molar-refractivity contribution in [2.24, 2.45) is 0 Å². The third kappa shape index (κ3) is 6.04. The summed E-state index contributed by atoms with van der Waals surface area (Å²) in [4.78, 5) is 12.8. The fourth-order valence-electron chi connectivity index (χ4n) is 3.87. The normalized spacial score (nSPS) is 21.8. The van der Waals surface area contributed by atoms with Gasteiger partial charge in [0.1, 0.15) is 0 Å². The van der Waals surface area contributed by atoms with Crippen molar-refractivity contribution in [2.45, 2.75) is 83.2 Å². The molecule has 1 aliphatic heterocycles. The van der Waals surface area contributed by atoms with Crippen LogP contribution in [0, 0.1) is 0 Å². The molecular weight excluding hydrogens is 441 g/mol. The predicted molar refractivity (Wildman–Crippen MR) is 121 cm³/mol. The van der Waals surface area contributed by atoms with Gasteiger partial charge in [0, 0.05) is 23.7 Å². The van der Waals surface area contributed by atoms with Gasteiger partial charge in [-0.15, -0.1) is 12.4 Å². The molecule has 1 unspecified atom stereocenters. The standard InChI is InChI=1S/C23H31F3N4O.ClH/c1-21(2,3)28-20(31)18-13-16(17-10-11-30(29-17)22(4,5)6)19(27-18)14-8-7-9-15(12-14)23(24,25)26;/h7-12,16,18-19,27H,13H2,1-6H3,(H,28,31);1H/t16?,18-,19-;/m0./s1. The van der Waals surface area contributed by atoms with E-state index in [4.69, 9.17) is 5.10 Å². The average molecular weight is 473 g/mol. The van der Waals surface area contributed by atoms with E-state index in [9.17, 15) is 18.0 Å². The topological polar surface area (TPSA) is 59.0 Å². The van der Waals surface area contributed by atoms with Crippen LogP contribution in [-0.2, 0) is 16.5 Å². The van der Waals surface area contributed by atoms with E-state index in [0.717, 1.165) is 17.8 Å². The zero-order valence-corrected chi connectivity index (χ0v) is 20.1. The second kappa shape index (κ2) is 9.06. The van der Waals surface area contributed by atoms with E-state index in [1.165, 1.54) is 6.07 Å². The van der Waals surface area contributed by atoms with Gasteiger partial charge in [-0.1, -0.05) is 12.1 Å². The maximum Gasteiger partial charge on any atom is 0.416 e. The van der Waals surface area contributed by atoms with Crippen LogP contribution in [0.1, 0.15) is 76.7 Å². The number of hydrogen-bond donors (Lipinski definition) is 2. The highest BCUT2D eigenvalue weighted by Gasteiger charge is 2.41. The highest BCUT2D eigenvalue weighted by atomic mass is 35.5. The van der Waals surface area contributed by atoms with Gasteiger partial charge in [0.25, 0.3) is 0 Å². The van der Waals surface area contributed by atoms with Crippen LogP contribution in [-0.4, -0.2) is 27.3 Å². The summed E-state index contributed by atoms with van der Waals surface area (Å²) in [7, 11) is 0. The Morgan fingerprint density at radius 1 is 1.12 bits per heavy atom. The quantitative estimate of drug-likeness (QED) is 0.647. The van der Waals surface area contributed by atoms with Crippen LogP contribution in [0.25, 0.3) is 0 Å². The number of benzene rings is 1. The molecule has 1 saturated heterocycles. The van der Waals surface area contributed by atoms with Gasteiger partial charge in [0.15, 0.2) is 0 Å². The Labute approximate surface area is 193 Å². The maximum atomic E-state index is 13.3. The number of carbonyl (C=O) groups is 1. The van der Waals surface area contributed by atoms with Crippen LogP contribution in [0.5, 0.6) is 0 Å².